The molecule has 0 aliphatic carbocycles. The van der Waals surface area contributed by atoms with Gasteiger partial charge in [0.2, 0.25) is 0 Å². The van der Waals surface area contributed by atoms with Crippen molar-refractivity contribution in [3.8, 4) is 0 Å². The average Bonchev–Trinajstić information content (AvgIpc) is 2.92. The summed E-state index contributed by atoms with van der Waals surface area (Å²) in [6.45, 7) is 0. The Labute approximate surface area is 90.3 Å². The fourth-order valence-corrected chi connectivity index (χ4v) is 2.19. The minimum absolute atomic E-state index is 0.897. The predicted octanol–water partition coefficient (Wildman–Crippen LogP) is 2.59. The van der Waals surface area contributed by atoms with Gasteiger partial charge >= 0.3 is 0 Å². The number of fused-ring (bicyclic) bond motifs is 5. The lowest BCUT2D eigenvalue weighted by Crippen LogP contribution is -1.72. The number of H-pyrrole nitrogens is 2. The molecule has 0 atom stereocenters. The molecule has 0 radical (unpaired) electrons. The highest BCUT2D eigenvalue weighted by molar-refractivity contribution is 6.15. The Hall–Kier alpha value is -2.36. The van der Waals surface area contributed by atoms with Gasteiger partial charge in [0.1, 0.15) is 11.0 Å². The van der Waals surface area contributed by atoms with Crippen molar-refractivity contribution in [2.75, 3.05) is 0 Å². The van der Waals surface area contributed by atoms with Crippen molar-refractivity contribution in [3.63, 3.8) is 0 Å². The van der Waals surface area contributed by atoms with Crippen molar-refractivity contribution >= 4 is 32.8 Å². The number of rotatable bonds is 0. The lowest BCUT2D eigenvalue weighted by atomic mass is 10.1. The molecule has 0 unspecified atom stereocenters. The number of hydrogen-bond acceptors (Lipinski definition) is 2. The van der Waals surface area contributed by atoms with Crippen LogP contribution >= 0.6 is 0 Å². The molecule has 0 bridgehead atoms. The molecule has 2 N–H and O–H groups in total. The van der Waals surface area contributed by atoms with E-state index in [2.05, 4.69) is 32.5 Å². The summed E-state index contributed by atoms with van der Waals surface area (Å²) in [5.74, 6) is 0. The van der Waals surface area contributed by atoms with Gasteiger partial charge in [-0.25, -0.2) is 10.2 Å². The average molecular weight is 208 g/mol. The minimum Gasteiger partial charge on any atom is -0.283 e. The number of para-hydroxylation sites is 1. The first kappa shape index (κ1) is 7.87. The maximum absolute atomic E-state index is 4.61. The molecule has 0 saturated heterocycles. The Bertz CT molecular complexity index is 809. The summed E-state index contributed by atoms with van der Waals surface area (Å²) in [5, 5.41) is 12.3. The van der Waals surface area contributed by atoms with Crippen molar-refractivity contribution in [1.82, 2.24) is 20.4 Å². The lowest BCUT2D eigenvalue weighted by Gasteiger charge is -1.89. The van der Waals surface area contributed by atoms with Gasteiger partial charge in [0.25, 0.3) is 0 Å². The second-order valence-electron chi connectivity index (χ2n) is 3.84. The molecular formula is C12H8N4. The highest BCUT2D eigenvalue weighted by Crippen LogP contribution is 2.28. The largest absolute Gasteiger partial charge is 0.283 e. The molecule has 0 aliphatic rings. The van der Waals surface area contributed by atoms with Crippen LogP contribution in [0.2, 0.25) is 0 Å². The highest BCUT2D eigenvalue weighted by Gasteiger charge is 2.09. The molecule has 0 fully saturated rings. The third-order valence-electron chi connectivity index (χ3n) is 2.94. The standard InChI is InChI=1S/C12H8N4/c1-2-4-9-7(3-1)8-5-6-10-12(11(8)13-9)15-16-14-10/h1-6,14,16H. The normalized spacial score (nSPS) is 11.8. The van der Waals surface area contributed by atoms with Crippen molar-refractivity contribution in [1.29, 1.82) is 0 Å². The molecule has 0 saturated carbocycles. The van der Waals surface area contributed by atoms with Gasteiger partial charge in [-0.2, -0.15) is 5.10 Å². The summed E-state index contributed by atoms with van der Waals surface area (Å²) >= 11 is 0. The topological polar surface area (TPSA) is 57.4 Å². The van der Waals surface area contributed by atoms with Crippen molar-refractivity contribution in [2.24, 2.45) is 0 Å². The number of aromatic amines is 2. The van der Waals surface area contributed by atoms with Gasteiger partial charge in [0, 0.05) is 10.8 Å². The van der Waals surface area contributed by atoms with E-state index in [-0.39, 0.29) is 0 Å². The Morgan fingerprint density at radius 1 is 0.875 bits per heavy atom. The van der Waals surface area contributed by atoms with Crippen LogP contribution in [0.15, 0.2) is 36.4 Å². The summed E-state index contributed by atoms with van der Waals surface area (Å²) in [4.78, 5) is 4.61. The lowest BCUT2D eigenvalue weighted by molar-refractivity contribution is 0.960. The summed E-state index contributed by atoms with van der Waals surface area (Å²) in [5.41, 5.74) is 3.85. The Morgan fingerprint density at radius 3 is 2.81 bits per heavy atom. The van der Waals surface area contributed by atoms with Crippen LogP contribution in [-0.2, 0) is 0 Å². The van der Waals surface area contributed by atoms with E-state index in [0.29, 0.717) is 0 Å². The van der Waals surface area contributed by atoms with E-state index in [0.717, 1.165) is 27.5 Å². The van der Waals surface area contributed by atoms with Crippen molar-refractivity contribution in [2.45, 2.75) is 0 Å². The number of aromatic nitrogens is 4. The molecule has 4 nitrogen and oxygen atoms in total. The van der Waals surface area contributed by atoms with Gasteiger partial charge in [-0.05, 0) is 18.2 Å². The Morgan fingerprint density at radius 2 is 1.81 bits per heavy atom. The molecule has 0 aliphatic heterocycles. The molecule has 4 aromatic rings. The van der Waals surface area contributed by atoms with Crippen LogP contribution in [0.3, 0.4) is 0 Å². The van der Waals surface area contributed by atoms with E-state index < -0.39 is 0 Å². The van der Waals surface area contributed by atoms with E-state index in [1.165, 1.54) is 5.39 Å². The molecule has 16 heavy (non-hydrogen) atoms. The molecular weight excluding hydrogens is 200 g/mol. The van der Waals surface area contributed by atoms with Gasteiger partial charge in [-0.15, -0.1) is 0 Å². The van der Waals surface area contributed by atoms with E-state index >= 15 is 0 Å². The predicted molar refractivity (Wildman–Crippen MR) is 63.3 cm³/mol. The Kier molecular flexibility index (Phi) is 1.28. The van der Waals surface area contributed by atoms with E-state index in [9.17, 15) is 0 Å². The first-order valence-corrected chi connectivity index (χ1v) is 5.13. The fourth-order valence-electron chi connectivity index (χ4n) is 2.19. The van der Waals surface area contributed by atoms with Gasteiger partial charge in [-0.1, -0.05) is 18.2 Å². The van der Waals surface area contributed by atoms with Crippen LogP contribution in [0.4, 0.5) is 0 Å². The molecule has 0 amide bonds. The zero-order chi connectivity index (χ0) is 10.5. The minimum atomic E-state index is 0.897. The zero-order valence-electron chi connectivity index (χ0n) is 8.36. The molecule has 4 rings (SSSR count). The molecule has 2 aromatic carbocycles. The number of nitrogens with zero attached hydrogens (tertiary/aromatic N) is 2. The monoisotopic (exact) mass is 208 g/mol. The van der Waals surface area contributed by atoms with Crippen LogP contribution in [0.1, 0.15) is 0 Å². The highest BCUT2D eigenvalue weighted by atomic mass is 15.3. The maximum Gasteiger partial charge on any atom is 0.136 e. The summed E-state index contributed by atoms with van der Waals surface area (Å²) < 4.78 is 0. The van der Waals surface area contributed by atoms with Gasteiger partial charge in [0.15, 0.2) is 0 Å². The van der Waals surface area contributed by atoms with Crippen molar-refractivity contribution < 1.29 is 0 Å². The van der Waals surface area contributed by atoms with Gasteiger partial charge < -0.3 is 0 Å². The summed E-state index contributed by atoms with van der Waals surface area (Å²) in [7, 11) is 0. The Balaban J connectivity index is 2.38. The van der Waals surface area contributed by atoms with Crippen LogP contribution in [-0.4, -0.2) is 20.4 Å². The van der Waals surface area contributed by atoms with E-state index in [1.54, 1.807) is 0 Å². The third-order valence-corrected chi connectivity index (χ3v) is 2.94. The molecule has 2 aromatic heterocycles. The van der Waals surface area contributed by atoms with Gasteiger partial charge in [-0.3, -0.25) is 5.10 Å². The van der Waals surface area contributed by atoms with Crippen LogP contribution in [0.25, 0.3) is 32.8 Å². The second-order valence-corrected chi connectivity index (χ2v) is 3.84. The van der Waals surface area contributed by atoms with Crippen LogP contribution in [0, 0.1) is 0 Å². The SMILES string of the molecule is c1ccc2c(c1)nc1c2ccc2[nH][nH]nc21. The zero-order valence-corrected chi connectivity index (χ0v) is 8.36. The first-order chi connectivity index (χ1) is 7.93. The summed E-state index contributed by atoms with van der Waals surface area (Å²) in [6.07, 6.45) is 0. The van der Waals surface area contributed by atoms with Gasteiger partial charge in [0.05, 0.1) is 11.0 Å². The molecule has 2 heterocycles. The number of benzene rings is 2. The van der Waals surface area contributed by atoms with Crippen molar-refractivity contribution in [3.05, 3.63) is 36.4 Å². The fraction of sp³-hybridized carbons (Fsp3) is 0. The number of hydrogen-bond donors (Lipinski definition) is 2. The van der Waals surface area contributed by atoms with Crippen LogP contribution in [0.5, 0.6) is 0 Å². The smallest absolute Gasteiger partial charge is 0.136 e. The van der Waals surface area contributed by atoms with E-state index in [1.807, 2.05) is 24.3 Å². The molecule has 0 spiro atoms. The second kappa shape index (κ2) is 2.61. The molecule has 4 heteroatoms. The number of nitrogens with one attached hydrogen (secondary N) is 2. The summed E-state index contributed by atoms with van der Waals surface area (Å²) in [6, 6.07) is 12.3. The van der Waals surface area contributed by atoms with E-state index in [4.69, 9.17) is 0 Å². The quantitative estimate of drug-likeness (QED) is 0.466. The molecule has 76 valence electrons. The third kappa shape index (κ3) is 0.839. The maximum atomic E-state index is 4.61. The van der Waals surface area contributed by atoms with Crippen LogP contribution < -0.4 is 0 Å². The first-order valence-electron chi connectivity index (χ1n) is 5.13.